The maximum Gasteiger partial charge on any atom is 0.243 e. The highest BCUT2D eigenvalue weighted by Crippen LogP contribution is 2.27. The summed E-state index contributed by atoms with van der Waals surface area (Å²) in [5.41, 5.74) is 5.09. The van der Waals surface area contributed by atoms with E-state index in [1.165, 1.54) is 11.3 Å². The van der Waals surface area contributed by atoms with Crippen LogP contribution in [-0.2, 0) is 9.53 Å². The normalized spacial score (nSPS) is 25.8. The minimum Gasteiger partial charge on any atom is -0.379 e. The molecule has 0 bridgehead atoms. The molecule has 0 aliphatic carbocycles. The first-order chi connectivity index (χ1) is 8.01. The predicted octanol–water partition coefficient (Wildman–Crippen LogP) is 1.70. The van der Waals surface area contributed by atoms with Crippen LogP contribution in [0.15, 0.2) is 12.1 Å². The summed E-state index contributed by atoms with van der Waals surface area (Å²) in [6.45, 7) is 2.75. The van der Waals surface area contributed by atoms with Crippen molar-refractivity contribution >= 4 is 28.8 Å². The number of carbonyl (C=O) groups excluding carboxylic acids is 1. The van der Waals surface area contributed by atoms with E-state index >= 15 is 0 Å². The molecule has 94 valence electrons. The van der Waals surface area contributed by atoms with Gasteiger partial charge in [-0.05, 0) is 25.5 Å². The van der Waals surface area contributed by atoms with Gasteiger partial charge < -0.3 is 15.8 Å². The Morgan fingerprint density at radius 1 is 1.71 bits per heavy atom. The molecule has 1 saturated heterocycles. The summed E-state index contributed by atoms with van der Waals surface area (Å²) >= 11 is 7.31. The topological polar surface area (TPSA) is 64.4 Å². The Morgan fingerprint density at radius 2 is 2.47 bits per heavy atom. The number of amides is 1. The zero-order chi connectivity index (χ0) is 12.5. The number of hydrogen-bond donors (Lipinski definition) is 2. The van der Waals surface area contributed by atoms with Gasteiger partial charge in [-0.3, -0.25) is 4.79 Å². The number of thiophene rings is 1. The van der Waals surface area contributed by atoms with Gasteiger partial charge in [0.25, 0.3) is 0 Å². The molecule has 17 heavy (non-hydrogen) atoms. The fraction of sp³-hybridized carbons (Fsp3) is 0.545. The van der Waals surface area contributed by atoms with E-state index in [-0.39, 0.29) is 18.6 Å². The van der Waals surface area contributed by atoms with E-state index in [9.17, 15) is 4.79 Å². The minimum absolute atomic E-state index is 0.0824. The highest BCUT2D eigenvalue weighted by molar-refractivity contribution is 7.16. The summed E-state index contributed by atoms with van der Waals surface area (Å²) in [5.74, 6) is -0.160. The molecule has 4 nitrogen and oxygen atoms in total. The van der Waals surface area contributed by atoms with Gasteiger partial charge in [-0.1, -0.05) is 11.6 Å². The Morgan fingerprint density at radius 3 is 3.00 bits per heavy atom. The van der Waals surface area contributed by atoms with Crippen LogP contribution in [0.2, 0.25) is 4.34 Å². The lowest BCUT2D eigenvalue weighted by Gasteiger charge is -2.23. The fourth-order valence-electron chi connectivity index (χ4n) is 1.73. The summed E-state index contributed by atoms with van der Waals surface area (Å²) in [6, 6.07) is 3.65. The van der Waals surface area contributed by atoms with Crippen molar-refractivity contribution < 1.29 is 9.53 Å². The molecule has 1 aromatic rings. The van der Waals surface area contributed by atoms with E-state index in [0.29, 0.717) is 17.4 Å². The van der Waals surface area contributed by atoms with E-state index in [2.05, 4.69) is 5.32 Å². The third-order valence-electron chi connectivity index (χ3n) is 2.87. The number of ether oxygens (including phenoxy) is 1. The monoisotopic (exact) mass is 274 g/mol. The molecule has 1 aliphatic rings. The lowest BCUT2D eigenvalue weighted by molar-refractivity contribution is -0.127. The molecule has 1 fully saturated rings. The smallest absolute Gasteiger partial charge is 0.243 e. The molecule has 1 aliphatic heterocycles. The third kappa shape index (κ3) is 2.80. The van der Waals surface area contributed by atoms with Crippen LogP contribution in [0.1, 0.15) is 24.3 Å². The molecule has 2 heterocycles. The van der Waals surface area contributed by atoms with Gasteiger partial charge in [0, 0.05) is 11.5 Å². The van der Waals surface area contributed by atoms with Crippen molar-refractivity contribution in [1.82, 2.24) is 5.32 Å². The first-order valence-corrected chi connectivity index (χ1v) is 6.63. The van der Waals surface area contributed by atoms with Crippen molar-refractivity contribution in [2.75, 3.05) is 13.2 Å². The second-order valence-electron chi connectivity index (χ2n) is 4.30. The number of carbonyl (C=O) groups is 1. The average Bonchev–Trinajstić information content (AvgIpc) is 2.88. The van der Waals surface area contributed by atoms with Gasteiger partial charge >= 0.3 is 0 Å². The Labute approximate surface area is 109 Å². The zero-order valence-electron chi connectivity index (χ0n) is 9.53. The molecule has 1 aromatic heterocycles. The second kappa shape index (κ2) is 4.94. The van der Waals surface area contributed by atoms with Crippen molar-refractivity contribution in [1.29, 1.82) is 0 Å². The molecule has 0 spiro atoms. The van der Waals surface area contributed by atoms with Gasteiger partial charge in [0.2, 0.25) is 5.91 Å². The predicted molar refractivity (Wildman–Crippen MR) is 68.2 cm³/mol. The van der Waals surface area contributed by atoms with E-state index in [1.807, 2.05) is 19.1 Å². The largest absolute Gasteiger partial charge is 0.379 e. The van der Waals surface area contributed by atoms with Crippen LogP contribution >= 0.6 is 22.9 Å². The van der Waals surface area contributed by atoms with Crippen LogP contribution in [0.4, 0.5) is 0 Å². The van der Waals surface area contributed by atoms with Crippen molar-refractivity contribution in [2.45, 2.75) is 24.9 Å². The maximum absolute atomic E-state index is 12.0. The van der Waals surface area contributed by atoms with Crippen LogP contribution in [0.5, 0.6) is 0 Å². The highest BCUT2D eigenvalue weighted by Gasteiger charge is 2.38. The van der Waals surface area contributed by atoms with E-state index in [4.69, 9.17) is 22.1 Å². The number of nitrogens with one attached hydrogen (secondary N) is 1. The summed E-state index contributed by atoms with van der Waals surface area (Å²) in [4.78, 5) is 13.0. The Bertz CT molecular complexity index is 415. The minimum atomic E-state index is -0.880. The molecule has 1 amide bonds. The van der Waals surface area contributed by atoms with Crippen molar-refractivity contribution in [3.63, 3.8) is 0 Å². The summed E-state index contributed by atoms with van der Waals surface area (Å²) in [7, 11) is 0. The maximum atomic E-state index is 12.0. The molecule has 2 unspecified atom stereocenters. The van der Waals surface area contributed by atoms with Gasteiger partial charge in [0.1, 0.15) is 5.54 Å². The van der Waals surface area contributed by atoms with Gasteiger partial charge in [0.05, 0.1) is 17.0 Å². The first kappa shape index (κ1) is 12.8. The fourth-order valence-corrected chi connectivity index (χ4v) is 2.80. The van der Waals surface area contributed by atoms with E-state index in [0.717, 1.165) is 4.88 Å². The van der Waals surface area contributed by atoms with Crippen LogP contribution in [0.3, 0.4) is 0 Å². The molecule has 2 atom stereocenters. The average molecular weight is 275 g/mol. The Balaban J connectivity index is 1.99. The Kier molecular flexibility index (Phi) is 3.73. The van der Waals surface area contributed by atoms with Crippen LogP contribution < -0.4 is 11.1 Å². The van der Waals surface area contributed by atoms with E-state index in [1.54, 1.807) is 0 Å². The molecular formula is C11H15ClN2O2S. The number of rotatable bonds is 3. The van der Waals surface area contributed by atoms with Gasteiger partial charge in [-0.15, -0.1) is 11.3 Å². The van der Waals surface area contributed by atoms with E-state index < -0.39 is 5.54 Å². The van der Waals surface area contributed by atoms with Crippen molar-refractivity contribution in [3.8, 4) is 0 Å². The molecule has 0 aromatic carbocycles. The SMILES string of the molecule is CC(NC(=O)C1(N)CCOC1)c1ccc(Cl)s1. The standard InChI is InChI=1S/C11H15ClN2O2S/c1-7(8-2-3-9(12)17-8)14-10(15)11(13)4-5-16-6-11/h2-3,7H,4-6,13H2,1H3,(H,14,15). The summed E-state index contributed by atoms with van der Waals surface area (Å²) in [6.07, 6.45) is 0.566. The third-order valence-corrected chi connectivity index (χ3v) is 4.29. The molecule has 6 heteroatoms. The van der Waals surface area contributed by atoms with Crippen LogP contribution in [-0.4, -0.2) is 24.7 Å². The molecular weight excluding hydrogens is 260 g/mol. The lowest BCUT2D eigenvalue weighted by Crippen LogP contribution is -2.54. The van der Waals surface area contributed by atoms with Crippen molar-refractivity contribution in [2.24, 2.45) is 5.73 Å². The van der Waals surface area contributed by atoms with Gasteiger partial charge in [0.15, 0.2) is 0 Å². The number of nitrogens with two attached hydrogens (primary N) is 1. The van der Waals surface area contributed by atoms with Crippen LogP contribution in [0.25, 0.3) is 0 Å². The highest BCUT2D eigenvalue weighted by atomic mass is 35.5. The molecule has 3 N–H and O–H groups in total. The quantitative estimate of drug-likeness (QED) is 0.882. The number of hydrogen-bond acceptors (Lipinski definition) is 4. The number of halogens is 1. The Hall–Kier alpha value is -0.620. The van der Waals surface area contributed by atoms with Gasteiger partial charge in [-0.2, -0.15) is 0 Å². The molecule has 0 radical (unpaired) electrons. The molecule has 0 saturated carbocycles. The summed E-state index contributed by atoms with van der Waals surface area (Å²) in [5, 5.41) is 2.90. The van der Waals surface area contributed by atoms with Crippen LogP contribution in [0, 0.1) is 0 Å². The second-order valence-corrected chi connectivity index (χ2v) is 6.04. The summed E-state index contributed by atoms with van der Waals surface area (Å²) < 4.78 is 5.88. The lowest BCUT2D eigenvalue weighted by atomic mass is 9.99. The van der Waals surface area contributed by atoms with Crippen molar-refractivity contribution in [3.05, 3.63) is 21.3 Å². The van der Waals surface area contributed by atoms with Gasteiger partial charge in [-0.25, -0.2) is 0 Å². The first-order valence-electron chi connectivity index (χ1n) is 5.44. The molecule has 2 rings (SSSR count). The zero-order valence-corrected chi connectivity index (χ0v) is 11.1.